The van der Waals surface area contributed by atoms with Gasteiger partial charge in [0.25, 0.3) is 0 Å². The zero-order chi connectivity index (χ0) is 9.42. The highest BCUT2D eigenvalue weighted by Gasteiger charge is 2.07. The lowest BCUT2D eigenvalue weighted by molar-refractivity contribution is 0.244. The highest BCUT2D eigenvalue weighted by molar-refractivity contribution is 5.76. The van der Waals surface area contributed by atoms with Gasteiger partial charge in [0.2, 0.25) is 5.89 Å². The number of aliphatic hydroxyl groups excluding tert-OH is 1. The van der Waals surface area contributed by atoms with Crippen LogP contribution in [0.3, 0.4) is 0 Å². The van der Waals surface area contributed by atoms with E-state index in [2.05, 4.69) is 4.98 Å². The van der Waals surface area contributed by atoms with Crippen LogP contribution >= 0.6 is 0 Å². The minimum absolute atomic E-state index is 0.00754. The normalized spacial score (nSPS) is 10.9. The smallest absolute Gasteiger partial charge is 0.221 e. The molecule has 0 unspecified atom stereocenters. The van der Waals surface area contributed by atoms with Gasteiger partial charge in [-0.1, -0.05) is 0 Å². The van der Waals surface area contributed by atoms with Crippen LogP contribution in [0.25, 0.3) is 11.1 Å². The molecular formula is C8H7FN2O2. The van der Waals surface area contributed by atoms with Crippen LogP contribution in [-0.4, -0.2) is 10.1 Å². The quantitative estimate of drug-likeness (QED) is 0.646. The third-order valence-electron chi connectivity index (χ3n) is 1.69. The van der Waals surface area contributed by atoms with E-state index < -0.39 is 5.82 Å². The molecule has 0 saturated heterocycles. The molecule has 0 bridgehead atoms. The molecule has 4 nitrogen and oxygen atoms in total. The van der Waals surface area contributed by atoms with Crippen molar-refractivity contribution < 1.29 is 13.9 Å². The molecule has 0 amide bonds. The number of hydrogen-bond donors (Lipinski definition) is 2. The number of nitrogens with two attached hydrogens (primary N) is 1. The fourth-order valence-electron chi connectivity index (χ4n) is 1.08. The van der Waals surface area contributed by atoms with E-state index in [0.717, 1.165) is 0 Å². The number of nitrogen functional groups attached to an aromatic ring is 1. The minimum atomic E-state index is -0.537. The Kier molecular flexibility index (Phi) is 1.66. The summed E-state index contributed by atoms with van der Waals surface area (Å²) in [7, 11) is 0. The monoisotopic (exact) mass is 182 g/mol. The molecule has 0 radical (unpaired) electrons. The molecule has 68 valence electrons. The van der Waals surface area contributed by atoms with Gasteiger partial charge in [-0.05, 0) is 0 Å². The molecule has 2 rings (SSSR count). The van der Waals surface area contributed by atoms with Crippen LogP contribution in [0.5, 0.6) is 0 Å². The topological polar surface area (TPSA) is 72.3 Å². The Balaban J connectivity index is 2.70. The van der Waals surface area contributed by atoms with Gasteiger partial charge in [0, 0.05) is 12.1 Å². The van der Waals surface area contributed by atoms with Crippen molar-refractivity contribution in [2.45, 2.75) is 6.61 Å². The van der Waals surface area contributed by atoms with Crippen molar-refractivity contribution in [1.82, 2.24) is 4.98 Å². The Morgan fingerprint density at radius 1 is 1.54 bits per heavy atom. The molecule has 0 aliphatic rings. The van der Waals surface area contributed by atoms with Gasteiger partial charge in [-0.2, -0.15) is 0 Å². The Labute approximate surface area is 72.8 Å². The van der Waals surface area contributed by atoms with Crippen molar-refractivity contribution in [3.05, 3.63) is 23.8 Å². The van der Waals surface area contributed by atoms with Gasteiger partial charge in [-0.15, -0.1) is 0 Å². The number of hydrogen-bond acceptors (Lipinski definition) is 4. The van der Waals surface area contributed by atoms with E-state index in [1.54, 1.807) is 0 Å². The Morgan fingerprint density at radius 3 is 3.00 bits per heavy atom. The second-order valence-electron chi connectivity index (χ2n) is 2.61. The molecule has 0 fully saturated rings. The molecular weight excluding hydrogens is 175 g/mol. The van der Waals surface area contributed by atoms with E-state index in [0.29, 0.717) is 11.1 Å². The van der Waals surface area contributed by atoms with E-state index in [9.17, 15) is 4.39 Å². The molecule has 1 aromatic carbocycles. The number of halogens is 1. The van der Waals surface area contributed by atoms with E-state index in [1.165, 1.54) is 12.1 Å². The summed E-state index contributed by atoms with van der Waals surface area (Å²) in [6.07, 6.45) is 0. The van der Waals surface area contributed by atoms with Crippen molar-refractivity contribution in [2.24, 2.45) is 0 Å². The first kappa shape index (κ1) is 8.00. The van der Waals surface area contributed by atoms with Crippen molar-refractivity contribution in [3.63, 3.8) is 0 Å². The van der Waals surface area contributed by atoms with Gasteiger partial charge in [0.1, 0.15) is 17.9 Å². The van der Waals surface area contributed by atoms with Gasteiger partial charge >= 0.3 is 0 Å². The first-order valence-electron chi connectivity index (χ1n) is 3.66. The number of benzene rings is 1. The second kappa shape index (κ2) is 2.70. The van der Waals surface area contributed by atoms with Gasteiger partial charge < -0.3 is 15.3 Å². The highest BCUT2D eigenvalue weighted by Crippen LogP contribution is 2.21. The molecule has 0 atom stereocenters. The molecule has 5 heteroatoms. The van der Waals surface area contributed by atoms with Gasteiger partial charge in [-0.3, -0.25) is 0 Å². The summed E-state index contributed by atoms with van der Waals surface area (Å²) >= 11 is 0. The van der Waals surface area contributed by atoms with E-state index in [1.807, 2.05) is 0 Å². The molecule has 0 aliphatic heterocycles. The summed E-state index contributed by atoms with van der Waals surface area (Å²) in [5.74, 6) is -0.384. The molecule has 13 heavy (non-hydrogen) atoms. The van der Waals surface area contributed by atoms with E-state index in [4.69, 9.17) is 15.3 Å². The first-order valence-corrected chi connectivity index (χ1v) is 3.66. The summed E-state index contributed by atoms with van der Waals surface area (Å²) in [5.41, 5.74) is 6.05. The van der Waals surface area contributed by atoms with Crippen molar-refractivity contribution in [1.29, 1.82) is 0 Å². The minimum Gasteiger partial charge on any atom is -0.438 e. The second-order valence-corrected chi connectivity index (χ2v) is 2.61. The number of anilines is 1. The van der Waals surface area contributed by atoms with Gasteiger partial charge in [-0.25, -0.2) is 9.37 Å². The van der Waals surface area contributed by atoms with Crippen LogP contribution in [-0.2, 0) is 6.61 Å². The molecule has 3 N–H and O–H groups in total. The lowest BCUT2D eigenvalue weighted by Gasteiger charge is -1.92. The Hall–Kier alpha value is -1.62. The number of rotatable bonds is 1. The highest BCUT2D eigenvalue weighted by atomic mass is 19.1. The number of aromatic nitrogens is 1. The van der Waals surface area contributed by atoms with Gasteiger partial charge in [0.15, 0.2) is 5.58 Å². The Bertz CT molecular complexity index is 414. The van der Waals surface area contributed by atoms with E-state index in [-0.39, 0.29) is 18.2 Å². The SMILES string of the molecule is Nc1cc2oc(CO)nc2cc1F. The lowest BCUT2D eigenvalue weighted by atomic mass is 10.3. The fraction of sp³-hybridized carbons (Fsp3) is 0.125. The van der Waals surface area contributed by atoms with Crippen molar-refractivity contribution >= 4 is 16.8 Å². The molecule has 0 aliphatic carbocycles. The summed E-state index contributed by atoms with van der Waals surface area (Å²) in [6.45, 7) is -0.309. The summed E-state index contributed by atoms with van der Waals surface area (Å²) in [4.78, 5) is 3.82. The van der Waals surface area contributed by atoms with Gasteiger partial charge in [0.05, 0.1) is 5.69 Å². The molecule has 1 heterocycles. The maximum absolute atomic E-state index is 12.9. The standard InChI is InChI=1S/C8H7FN2O2/c9-4-1-6-7(2-5(4)10)13-8(3-12)11-6/h1-2,12H,3,10H2. The van der Waals surface area contributed by atoms with Crippen LogP contribution in [0.1, 0.15) is 5.89 Å². The van der Waals surface area contributed by atoms with Crippen LogP contribution in [0.4, 0.5) is 10.1 Å². The molecule has 0 saturated carbocycles. The zero-order valence-electron chi connectivity index (χ0n) is 6.62. The molecule has 2 aromatic rings. The summed E-state index contributed by atoms with van der Waals surface area (Å²) in [6, 6.07) is 2.52. The van der Waals surface area contributed by atoms with Crippen molar-refractivity contribution in [2.75, 3.05) is 5.73 Å². The third kappa shape index (κ3) is 1.23. The Morgan fingerprint density at radius 2 is 2.31 bits per heavy atom. The number of nitrogens with zero attached hydrogens (tertiary/aromatic N) is 1. The average Bonchev–Trinajstić information content (AvgIpc) is 2.48. The first-order chi connectivity index (χ1) is 6.20. The lowest BCUT2D eigenvalue weighted by Crippen LogP contribution is -1.88. The van der Waals surface area contributed by atoms with Crippen LogP contribution in [0, 0.1) is 5.82 Å². The number of aliphatic hydroxyl groups is 1. The zero-order valence-corrected chi connectivity index (χ0v) is 6.62. The third-order valence-corrected chi connectivity index (χ3v) is 1.69. The van der Waals surface area contributed by atoms with Crippen molar-refractivity contribution in [3.8, 4) is 0 Å². The average molecular weight is 182 g/mol. The number of fused-ring (bicyclic) bond motifs is 1. The number of oxazole rings is 1. The maximum atomic E-state index is 12.9. The van der Waals surface area contributed by atoms with Crippen LogP contribution in [0.15, 0.2) is 16.5 Å². The summed E-state index contributed by atoms with van der Waals surface area (Å²) in [5, 5.41) is 8.70. The molecule has 0 spiro atoms. The van der Waals surface area contributed by atoms with E-state index >= 15 is 0 Å². The van der Waals surface area contributed by atoms with Crippen LogP contribution in [0.2, 0.25) is 0 Å². The fourth-order valence-corrected chi connectivity index (χ4v) is 1.08. The summed E-state index contributed by atoms with van der Waals surface area (Å²) < 4.78 is 17.9. The predicted molar refractivity (Wildman–Crippen MR) is 44.3 cm³/mol. The largest absolute Gasteiger partial charge is 0.438 e. The maximum Gasteiger partial charge on any atom is 0.221 e. The van der Waals surface area contributed by atoms with Crippen LogP contribution < -0.4 is 5.73 Å². The molecule has 1 aromatic heterocycles. The predicted octanol–water partition coefficient (Wildman–Crippen LogP) is 1.04.